The highest BCUT2D eigenvalue weighted by molar-refractivity contribution is 5.82. The van der Waals surface area contributed by atoms with Gasteiger partial charge in [0, 0.05) is 32.0 Å². The van der Waals surface area contributed by atoms with Crippen molar-refractivity contribution in [3.8, 4) is 5.75 Å². The number of carbonyl (C=O) groups is 2. The van der Waals surface area contributed by atoms with Gasteiger partial charge in [-0.25, -0.2) is 0 Å². The molecule has 0 bridgehead atoms. The zero-order valence-corrected chi connectivity index (χ0v) is 17.3. The Balaban J connectivity index is 1.31. The normalized spacial score (nSPS) is 21.5. The molecule has 0 aliphatic carbocycles. The summed E-state index contributed by atoms with van der Waals surface area (Å²) >= 11 is 0. The summed E-state index contributed by atoms with van der Waals surface area (Å²) in [6.07, 6.45) is 7.63. The quantitative estimate of drug-likeness (QED) is 0.736. The number of pyridine rings is 1. The van der Waals surface area contributed by atoms with E-state index in [-0.39, 0.29) is 23.8 Å². The molecule has 6 nitrogen and oxygen atoms in total. The SMILES string of the molecule is O=C(CCOc1ccccc1)N1CCC[C@H](C(=O)N2CCC[C@H]2c2ccncc2)C1. The van der Waals surface area contributed by atoms with E-state index in [1.54, 1.807) is 12.4 Å². The highest BCUT2D eigenvalue weighted by Crippen LogP contribution is 2.34. The van der Waals surface area contributed by atoms with E-state index in [2.05, 4.69) is 4.98 Å². The molecular weight excluding hydrogens is 378 g/mol. The van der Waals surface area contributed by atoms with Crippen molar-refractivity contribution in [2.24, 2.45) is 5.92 Å². The molecule has 4 rings (SSSR count). The van der Waals surface area contributed by atoms with E-state index in [4.69, 9.17) is 4.74 Å². The molecule has 1 aromatic heterocycles. The molecule has 0 spiro atoms. The standard InChI is InChI=1S/C24H29N3O3/c28-23(12-17-30-21-7-2-1-3-8-21)26-15-4-6-20(18-26)24(29)27-16-5-9-22(27)19-10-13-25-14-11-19/h1-3,7-8,10-11,13-14,20,22H,4-6,9,12,15-18H2/t20-,22-/m0/s1. The molecule has 2 saturated heterocycles. The molecule has 30 heavy (non-hydrogen) atoms. The van der Waals surface area contributed by atoms with Crippen LogP contribution in [0.25, 0.3) is 0 Å². The van der Waals surface area contributed by atoms with Gasteiger partial charge in [0.05, 0.1) is 25.0 Å². The van der Waals surface area contributed by atoms with Crippen LogP contribution in [0.2, 0.25) is 0 Å². The van der Waals surface area contributed by atoms with Gasteiger partial charge in [0.1, 0.15) is 5.75 Å². The predicted octanol–water partition coefficient (Wildman–Crippen LogP) is 3.45. The Morgan fingerprint density at radius 2 is 1.77 bits per heavy atom. The fourth-order valence-electron chi connectivity index (χ4n) is 4.53. The molecule has 2 aliphatic rings. The van der Waals surface area contributed by atoms with Gasteiger partial charge in [-0.2, -0.15) is 0 Å². The molecule has 2 aromatic rings. The van der Waals surface area contributed by atoms with Crippen LogP contribution in [0.3, 0.4) is 0 Å². The molecule has 0 N–H and O–H groups in total. The molecule has 6 heteroatoms. The maximum atomic E-state index is 13.3. The molecular formula is C24H29N3O3. The van der Waals surface area contributed by atoms with Crippen LogP contribution >= 0.6 is 0 Å². The second kappa shape index (κ2) is 9.74. The number of amides is 2. The summed E-state index contributed by atoms with van der Waals surface area (Å²) in [5.41, 5.74) is 1.15. The number of ether oxygens (including phenoxy) is 1. The van der Waals surface area contributed by atoms with Gasteiger partial charge >= 0.3 is 0 Å². The van der Waals surface area contributed by atoms with Gasteiger partial charge < -0.3 is 14.5 Å². The van der Waals surface area contributed by atoms with E-state index < -0.39 is 0 Å². The number of aromatic nitrogens is 1. The first-order chi connectivity index (χ1) is 14.7. The molecule has 0 unspecified atom stereocenters. The van der Waals surface area contributed by atoms with Gasteiger partial charge in [-0.1, -0.05) is 18.2 Å². The van der Waals surface area contributed by atoms with Crippen LogP contribution < -0.4 is 4.74 Å². The van der Waals surface area contributed by atoms with Crippen molar-refractivity contribution in [3.63, 3.8) is 0 Å². The van der Waals surface area contributed by atoms with Crippen molar-refractivity contribution in [3.05, 3.63) is 60.4 Å². The molecule has 1 aromatic carbocycles. The van der Waals surface area contributed by atoms with Crippen LogP contribution in [0.5, 0.6) is 5.75 Å². The smallest absolute Gasteiger partial charge is 0.227 e. The number of benzene rings is 1. The fourth-order valence-corrected chi connectivity index (χ4v) is 4.53. The van der Waals surface area contributed by atoms with E-state index in [1.807, 2.05) is 52.3 Å². The Morgan fingerprint density at radius 1 is 1.00 bits per heavy atom. The summed E-state index contributed by atoms with van der Waals surface area (Å²) in [7, 11) is 0. The van der Waals surface area contributed by atoms with Crippen molar-refractivity contribution in [2.75, 3.05) is 26.2 Å². The number of likely N-dealkylation sites (tertiary alicyclic amines) is 2. The van der Waals surface area contributed by atoms with Crippen LogP contribution in [0.1, 0.15) is 43.7 Å². The molecule has 158 valence electrons. The van der Waals surface area contributed by atoms with Gasteiger partial charge in [0.15, 0.2) is 0 Å². The van der Waals surface area contributed by atoms with Crippen molar-refractivity contribution < 1.29 is 14.3 Å². The first-order valence-corrected chi connectivity index (χ1v) is 10.9. The molecule has 0 radical (unpaired) electrons. The molecule has 3 heterocycles. The Hall–Kier alpha value is -2.89. The van der Waals surface area contributed by atoms with Crippen molar-refractivity contribution >= 4 is 11.8 Å². The third-order valence-electron chi connectivity index (χ3n) is 6.08. The number of hydrogen-bond donors (Lipinski definition) is 0. The van der Waals surface area contributed by atoms with E-state index in [0.717, 1.165) is 50.1 Å². The highest BCUT2D eigenvalue weighted by Gasteiger charge is 2.36. The molecule has 0 saturated carbocycles. The second-order valence-corrected chi connectivity index (χ2v) is 8.06. The van der Waals surface area contributed by atoms with E-state index in [9.17, 15) is 9.59 Å². The maximum absolute atomic E-state index is 13.3. The van der Waals surface area contributed by atoms with Crippen LogP contribution in [0, 0.1) is 5.92 Å². The average Bonchev–Trinajstić information content (AvgIpc) is 3.30. The average molecular weight is 408 g/mol. The zero-order chi connectivity index (χ0) is 20.8. The summed E-state index contributed by atoms with van der Waals surface area (Å²) in [5, 5.41) is 0. The summed E-state index contributed by atoms with van der Waals surface area (Å²) in [6, 6.07) is 13.7. The number of rotatable bonds is 6. The molecule has 2 fully saturated rings. The first kappa shape index (κ1) is 20.4. The van der Waals surface area contributed by atoms with Crippen LogP contribution in [0.15, 0.2) is 54.9 Å². The lowest BCUT2D eigenvalue weighted by atomic mass is 9.95. The third-order valence-corrected chi connectivity index (χ3v) is 6.08. The summed E-state index contributed by atoms with van der Waals surface area (Å²) in [4.78, 5) is 33.9. The monoisotopic (exact) mass is 407 g/mol. The van der Waals surface area contributed by atoms with E-state index >= 15 is 0 Å². The van der Waals surface area contributed by atoms with Crippen molar-refractivity contribution in [1.29, 1.82) is 0 Å². The Bertz CT molecular complexity index is 843. The third kappa shape index (κ3) is 4.81. The minimum absolute atomic E-state index is 0.0653. The number of hydrogen-bond acceptors (Lipinski definition) is 4. The van der Waals surface area contributed by atoms with Gasteiger partial charge in [0.25, 0.3) is 0 Å². The number of piperidine rings is 1. The number of nitrogens with zero attached hydrogens (tertiary/aromatic N) is 3. The Kier molecular flexibility index (Phi) is 6.62. The summed E-state index contributed by atoms with van der Waals surface area (Å²) in [6.45, 7) is 2.39. The minimum atomic E-state index is -0.111. The van der Waals surface area contributed by atoms with E-state index in [1.165, 1.54) is 0 Å². The lowest BCUT2D eigenvalue weighted by molar-refractivity contribution is -0.141. The minimum Gasteiger partial charge on any atom is -0.493 e. The maximum Gasteiger partial charge on any atom is 0.227 e. The lowest BCUT2D eigenvalue weighted by Crippen LogP contribution is -2.46. The highest BCUT2D eigenvalue weighted by atomic mass is 16.5. The fraction of sp³-hybridized carbons (Fsp3) is 0.458. The van der Waals surface area contributed by atoms with Gasteiger partial charge in [-0.05, 0) is 55.5 Å². The second-order valence-electron chi connectivity index (χ2n) is 8.06. The van der Waals surface area contributed by atoms with Gasteiger partial charge in [-0.15, -0.1) is 0 Å². The predicted molar refractivity (Wildman–Crippen MR) is 114 cm³/mol. The summed E-state index contributed by atoms with van der Waals surface area (Å²) in [5.74, 6) is 0.913. The zero-order valence-electron chi connectivity index (χ0n) is 17.3. The van der Waals surface area contributed by atoms with Crippen LogP contribution in [-0.4, -0.2) is 52.8 Å². The Labute approximate surface area is 177 Å². The number of para-hydroxylation sites is 1. The van der Waals surface area contributed by atoms with Crippen molar-refractivity contribution in [2.45, 2.75) is 38.1 Å². The van der Waals surface area contributed by atoms with Gasteiger partial charge in [-0.3, -0.25) is 14.6 Å². The topological polar surface area (TPSA) is 62.7 Å². The molecule has 2 amide bonds. The summed E-state index contributed by atoms with van der Waals surface area (Å²) < 4.78 is 5.66. The number of carbonyl (C=O) groups excluding carboxylic acids is 2. The van der Waals surface area contributed by atoms with E-state index in [0.29, 0.717) is 19.6 Å². The largest absolute Gasteiger partial charge is 0.493 e. The van der Waals surface area contributed by atoms with Gasteiger partial charge in [0.2, 0.25) is 11.8 Å². The van der Waals surface area contributed by atoms with Crippen LogP contribution in [-0.2, 0) is 9.59 Å². The van der Waals surface area contributed by atoms with Crippen molar-refractivity contribution in [1.82, 2.24) is 14.8 Å². The molecule has 2 atom stereocenters. The van der Waals surface area contributed by atoms with Crippen LogP contribution in [0.4, 0.5) is 0 Å². The Morgan fingerprint density at radius 3 is 2.57 bits per heavy atom. The molecule has 2 aliphatic heterocycles. The lowest BCUT2D eigenvalue weighted by Gasteiger charge is -2.35. The first-order valence-electron chi connectivity index (χ1n) is 10.9.